The summed E-state index contributed by atoms with van der Waals surface area (Å²) in [7, 11) is 0. The minimum absolute atomic E-state index is 0.0285. The van der Waals surface area contributed by atoms with E-state index in [1.165, 1.54) is 18.2 Å². The number of para-hydroxylation sites is 1. The van der Waals surface area contributed by atoms with Gasteiger partial charge in [0, 0.05) is 17.8 Å². The van der Waals surface area contributed by atoms with Crippen LogP contribution in [0.3, 0.4) is 0 Å². The lowest BCUT2D eigenvalue weighted by Crippen LogP contribution is -2.37. The molecule has 7 nitrogen and oxygen atoms in total. The number of anilines is 2. The third-order valence-electron chi connectivity index (χ3n) is 3.33. The van der Waals surface area contributed by atoms with Crippen LogP contribution < -0.4 is 10.2 Å². The summed E-state index contributed by atoms with van der Waals surface area (Å²) in [5.74, 6) is -0.413. The molecule has 1 heterocycles. The fraction of sp³-hybridized carbons (Fsp3) is 0.0667. The zero-order chi connectivity index (χ0) is 15.7. The van der Waals surface area contributed by atoms with Gasteiger partial charge in [-0.05, 0) is 23.8 Å². The Balaban J connectivity index is 1.88. The summed E-state index contributed by atoms with van der Waals surface area (Å²) in [6.45, 7) is 0. The van der Waals surface area contributed by atoms with Gasteiger partial charge in [0.2, 0.25) is 5.91 Å². The predicted molar refractivity (Wildman–Crippen MR) is 79.7 cm³/mol. The van der Waals surface area contributed by atoms with Crippen molar-refractivity contribution in [1.82, 2.24) is 0 Å². The summed E-state index contributed by atoms with van der Waals surface area (Å²) in [5.41, 5.74) is 1.32. The SMILES string of the molecule is O=C1Cc2cc([N+](=O)[O-])ccc2N1C(=O)Nc1ccccc1. The number of carbonyl (C=O) groups excluding carboxylic acids is 2. The van der Waals surface area contributed by atoms with Crippen LogP contribution in [0.2, 0.25) is 0 Å². The van der Waals surface area contributed by atoms with E-state index in [1.54, 1.807) is 24.3 Å². The number of imide groups is 1. The number of nitro groups is 1. The first-order valence-electron chi connectivity index (χ1n) is 6.52. The van der Waals surface area contributed by atoms with Crippen molar-refractivity contribution in [2.45, 2.75) is 6.42 Å². The predicted octanol–water partition coefficient (Wildman–Crippen LogP) is 2.72. The van der Waals surface area contributed by atoms with Crippen LogP contribution in [0.1, 0.15) is 5.56 Å². The molecule has 1 aliphatic rings. The minimum Gasteiger partial charge on any atom is -0.307 e. The van der Waals surface area contributed by atoms with Crippen LogP contribution in [0.15, 0.2) is 48.5 Å². The van der Waals surface area contributed by atoms with E-state index in [0.29, 0.717) is 16.9 Å². The number of hydrogen-bond acceptors (Lipinski definition) is 4. The largest absolute Gasteiger partial charge is 0.333 e. The molecular formula is C15H11N3O4. The molecule has 0 saturated carbocycles. The van der Waals surface area contributed by atoms with Crippen molar-refractivity contribution in [3.05, 3.63) is 64.2 Å². The number of nitrogens with zero attached hydrogens (tertiary/aromatic N) is 2. The van der Waals surface area contributed by atoms with Gasteiger partial charge in [0.25, 0.3) is 5.69 Å². The monoisotopic (exact) mass is 297 g/mol. The molecule has 110 valence electrons. The van der Waals surface area contributed by atoms with Gasteiger partial charge >= 0.3 is 6.03 Å². The van der Waals surface area contributed by atoms with Crippen molar-refractivity contribution in [3.63, 3.8) is 0 Å². The van der Waals surface area contributed by atoms with Gasteiger partial charge in [0.1, 0.15) is 0 Å². The Labute approximate surface area is 125 Å². The molecule has 1 N–H and O–H groups in total. The number of hydrogen-bond donors (Lipinski definition) is 1. The lowest BCUT2D eigenvalue weighted by atomic mass is 10.1. The van der Waals surface area contributed by atoms with Gasteiger partial charge in [-0.3, -0.25) is 14.9 Å². The van der Waals surface area contributed by atoms with E-state index in [-0.39, 0.29) is 12.1 Å². The quantitative estimate of drug-likeness (QED) is 0.681. The number of benzene rings is 2. The zero-order valence-electron chi connectivity index (χ0n) is 11.4. The maximum Gasteiger partial charge on any atom is 0.333 e. The van der Waals surface area contributed by atoms with Gasteiger partial charge in [0.05, 0.1) is 17.0 Å². The molecule has 0 aliphatic carbocycles. The number of nitrogens with one attached hydrogen (secondary N) is 1. The van der Waals surface area contributed by atoms with Crippen molar-refractivity contribution in [2.24, 2.45) is 0 Å². The molecule has 2 aromatic rings. The van der Waals surface area contributed by atoms with Gasteiger partial charge in [-0.25, -0.2) is 9.69 Å². The van der Waals surface area contributed by atoms with E-state index in [2.05, 4.69) is 5.32 Å². The number of fused-ring (bicyclic) bond motifs is 1. The van der Waals surface area contributed by atoms with Gasteiger partial charge in [0.15, 0.2) is 0 Å². The smallest absolute Gasteiger partial charge is 0.307 e. The highest BCUT2D eigenvalue weighted by molar-refractivity contribution is 6.22. The Morgan fingerprint density at radius 3 is 2.59 bits per heavy atom. The summed E-state index contributed by atoms with van der Waals surface area (Å²) < 4.78 is 0. The number of carbonyl (C=O) groups is 2. The second-order valence-corrected chi connectivity index (χ2v) is 4.77. The topological polar surface area (TPSA) is 92.5 Å². The van der Waals surface area contributed by atoms with E-state index >= 15 is 0 Å². The number of amides is 3. The van der Waals surface area contributed by atoms with E-state index in [4.69, 9.17) is 0 Å². The molecule has 0 aromatic heterocycles. The first-order chi connectivity index (χ1) is 10.6. The Hall–Kier alpha value is -3.22. The van der Waals surface area contributed by atoms with Crippen molar-refractivity contribution >= 4 is 29.0 Å². The molecule has 0 fully saturated rings. The molecule has 0 radical (unpaired) electrons. The Bertz CT molecular complexity index is 774. The molecule has 0 atom stereocenters. The maximum atomic E-state index is 12.3. The number of nitro benzene ring substituents is 1. The van der Waals surface area contributed by atoms with Crippen LogP contribution in [-0.2, 0) is 11.2 Å². The molecule has 1 aliphatic heterocycles. The number of rotatable bonds is 2. The Kier molecular flexibility index (Phi) is 3.30. The summed E-state index contributed by atoms with van der Waals surface area (Å²) in [6, 6.07) is 12.2. The van der Waals surface area contributed by atoms with Crippen LogP contribution in [-0.4, -0.2) is 16.9 Å². The maximum absolute atomic E-state index is 12.3. The second kappa shape index (κ2) is 5.28. The summed E-state index contributed by atoms with van der Waals surface area (Å²) in [6.07, 6.45) is -0.0285. The highest BCUT2D eigenvalue weighted by Crippen LogP contribution is 2.32. The first kappa shape index (κ1) is 13.7. The molecule has 0 unspecified atom stereocenters. The van der Waals surface area contributed by atoms with Crippen LogP contribution in [0.5, 0.6) is 0 Å². The fourth-order valence-electron chi connectivity index (χ4n) is 2.35. The summed E-state index contributed by atoms with van der Waals surface area (Å²) >= 11 is 0. The number of non-ortho nitro benzene ring substituents is 1. The fourth-order valence-corrected chi connectivity index (χ4v) is 2.35. The van der Waals surface area contributed by atoms with Crippen LogP contribution in [0.25, 0.3) is 0 Å². The summed E-state index contributed by atoms with van der Waals surface area (Å²) in [4.78, 5) is 35.5. The normalized spacial score (nSPS) is 12.9. The van der Waals surface area contributed by atoms with Crippen LogP contribution in [0, 0.1) is 10.1 Å². The van der Waals surface area contributed by atoms with E-state index in [1.807, 2.05) is 6.07 Å². The van der Waals surface area contributed by atoms with Gasteiger partial charge in [-0.15, -0.1) is 0 Å². The third-order valence-corrected chi connectivity index (χ3v) is 3.33. The molecule has 3 amide bonds. The highest BCUT2D eigenvalue weighted by Gasteiger charge is 2.33. The van der Waals surface area contributed by atoms with Gasteiger partial charge in [-0.2, -0.15) is 0 Å². The van der Waals surface area contributed by atoms with Crippen molar-refractivity contribution in [2.75, 3.05) is 10.2 Å². The van der Waals surface area contributed by atoms with Gasteiger partial charge < -0.3 is 5.32 Å². The zero-order valence-corrected chi connectivity index (χ0v) is 11.4. The molecule has 22 heavy (non-hydrogen) atoms. The molecule has 3 rings (SSSR count). The summed E-state index contributed by atoms with van der Waals surface area (Å²) in [5, 5.41) is 13.4. The number of urea groups is 1. The van der Waals surface area contributed by atoms with Crippen LogP contribution in [0.4, 0.5) is 21.9 Å². The highest BCUT2D eigenvalue weighted by atomic mass is 16.6. The second-order valence-electron chi connectivity index (χ2n) is 4.77. The molecule has 7 heteroatoms. The van der Waals surface area contributed by atoms with E-state index in [9.17, 15) is 19.7 Å². The Morgan fingerprint density at radius 2 is 1.91 bits per heavy atom. The van der Waals surface area contributed by atoms with Crippen molar-refractivity contribution < 1.29 is 14.5 Å². The average Bonchev–Trinajstić information content (AvgIpc) is 2.83. The van der Waals surface area contributed by atoms with Crippen molar-refractivity contribution in [3.8, 4) is 0 Å². The lowest BCUT2D eigenvalue weighted by Gasteiger charge is -2.16. The van der Waals surface area contributed by atoms with E-state index in [0.717, 1.165) is 4.90 Å². The molecular weight excluding hydrogens is 286 g/mol. The molecule has 0 spiro atoms. The standard InChI is InChI=1S/C15H11N3O4/c19-14-9-10-8-12(18(21)22)6-7-13(10)17(14)15(20)16-11-4-2-1-3-5-11/h1-8H,9H2,(H,16,20). The third kappa shape index (κ3) is 2.39. The first-order valence-corrected chi connectivity index (χ1v) is 6.52. The van der Waals surface area contributed by atoms with E-state index < -0.39 is 16.9 Å². The molecule has 0 bridgehead atoms. The lowest BCUT2D eigenvalue weighted by molar-refractivity contribution is -0.384. The van der Waals surface area contributed by atoms with Gasteiger partial charge in [-0.1, -0.05) is 18.2 Å². The average molecular weight is 297 g/mol. The minimum atomic E-state index is -0.580. The Morgan fingerprint density at radius 1 is 1.18 bits per heavy atom. The van der Waals surface area contributed by atoms with Crippen LogP contribution >= 0.6 is 0 Å². The molecule has 2 aromatic carbocycles. The molecule has 0 saturated heterocycles. The van der Waals surface area contributed by atoms with Crippen molar-refractivity contribution in [1.29, 1.82) is 0 Å².